The average Bonchev–Trinajstić information content (AvgIpc) is 2.67. The molecule has 0 atom stereocenters. The maximum absolute atomic E-state index is 5.91. The topological polar surface area (TPSA) is 30.5 Å². The van der Waals surface area contributed by atoms with Crippen molar-refractivity contribution in [3.8, 4) is 11.5 Å². The molecule has 0 radical (unpaired) electrons. The van der Waals surface area contributed by atoms with Crippen molar-refractivity contribution in [2.75, 3.05) is 7.11 Å². The van der Waals surface area contributed by atoms with Crippen LogP contribution in [-0.2, 0) is 13.2 Å². The smallest absolute Gasteiger partial charge is 0.161 e. The normalized spacial score (nSPS) is 14.5. The first-order chi connectivity index (χ1) is 12.2. The molecule has 1 saturated carbocycles. The quantitative estimate of drug-likeness (QED) is 0.644. The first-order valence-electron chi connectivity index (χ1n) is 9.02. The maximum Gasteiger partial charge on any atom is 0.161 e. The molecule has 2 aromatic rings. The lowest BCUT2D eigenvalue weighted by atomic mass is 9.95. The molecule has 142 valence electrons. The molecule has 5 heteroatoms. The van der Waals surface area contributed by atoms with Crippen LogP contribution in [0.25, 0.3) is 0 Å². The van der Waals surface area contributed by atoms with Crippen molar-refractivity contribution in [3.05, 3.63) is 58.6 Å². The predicted octanol–water partition coefficient (Wildman–Crippen LogP) is 5.77. The Bertz CT molecular complexity index is 670. The predicted molar refractivity (Wildman–Crippen MR) is 110 cm³/mol. The standard InChI is InChI=1S/C21H26ClNO2.ClH/c1-24-21-13-17(14-23-19-5-3-2-4-6-19)9-12-20(21)25-15-16-7-10-18(22)11-8-16;/h7-13,19,23H,2-6,14-15H2,1H3;1H. The van der Waals surface area contributed by atoms with Gasteiger partial charge in [0.05, 0.1) is 7.11 Å². The van der Waals surface area contributed by atoms with Crippen LogP contribution in [0.4, 0.5) is 0 Å². The summed E-state index contributed by atoms with van der Waals surface area (Å²) in [4.78, 5) is 0. The number of nitrogens with one attached hydrogen (secondary N) is 1. The van der Waals surface area contributed by atoms with Crippen LogP contribution in [0.15, 0.2) is 42.5 Å². The molecule has 0 aromatic heterocycles. The minimum atomic E-state index is 0. The second-order valence-electron chi connectivity index (χ2n) is 6.62. The van der Waals surface area contributed by atoms with Crippen molar-refractivity contribution in [2.45, 2.75) is 51.3 Å². The molecule has 1 N–H and O–H groups in total. The van der Waals surface area contributed by atoms with Crippen LogP contribution in [0.3, 0.4) is 0 Å². The van der Waals surface area contributed by atoms with Crippen molar-refractivity contribution in [3.63, 3.8) is 0 Å². The second-order valence-corrected chi connectivity index (χ2v) is 7.05. The van der Waals surface area contributed by atoms with E-state index in [0.717, 1.165) is 28.6 Å². The summed E-state index contributed by atoms with van der Waals surface area (Å²) < 4.78 is 11.4. The zero-order valence-corrected chi connectivity index (χ0v) is 16.7. The van der Waals surface area contributed by atoms with E-state index >= 15 is 0 Å². The molecular formula is C21H27Cl2NO2. The van der Waals surface area contributed by atoms with Gasteiger partial charge in [-0.25, -0.2) is 0 Å². The van der Waals surface area contributed by atoms with Gasteiger partial charge in [-0.1, -0.05) is 49.1 Å². The van der Waals surface area contributed by atoms with Gasteiger partial charge < -0.3 is 14.8 Å². The third-order valence-electron chi connectivity index (χ3n) is 4.74. The third kappa shape index (κ3) is 6.08. The van der Waals surface area contributed by atoms with Gasteiger partial charge in [0, 0.05) is 17.6 Å². The van der Waals surface area contributed by atoms with Gasteiger partial charge >= 0.3 is 0 Å². The number of hydrogen-bond donors (Lipinski definition) is 1. The van der Waals surface area contributed by atoms with Crippen LogP contribution in [0.2, 0.25) is 5.02 Å². The molecule has 26 heavy (non-hydrogen) atoms. The van der Waals surface area contributed by atoms with Gasteiger partial charge in [-0.05, 0) is 48.2 Å². The largest absolute Gasteiger partial charge is 0.493 e. The van der Waals surface area contributed by atoms with E-state index in [4.69, 9.17) is 21.1 Å². The summed E-state index contributed by atoms with van der Waals surface area (Å²) in [7, 11) is 1.68. The van der Waals surface area contributed by atoms with Crippen LogP contribution in [0.1, 0.15) is 43.2 Å². The average molecular weight is 396 g/mol. The number of hydrogen-bond acceptors (Lipinski definition) is 3. The van der Waals surface area contributed by atoms with Crippen molar-refractivity contribution in [1.29, 1.82) is 0 Å². The number of ether oxygens (including phenoxy) is 2. The highest BCUT2D eigenvalue weighted by Crippen LogP contribution is 2.29. The van der Waals surface area contributed by atoms with Gasteiger partial charge in [0.1, 0.15) is 6.61 Å². The molecule has 3 nitrogen and oxygen atoms in total. The first kappa shape index (κ1) is 20.9. The Morgan fingerprint density at radius 1 is 0.962 bits per heavy atom. The van der Waals surface area contributed by atoms with Crippen LogP contribution in [-0.4, -0.2) is 13.2 Å². The van der Waals surface area contributed by atoms with E-state index in [1.54, 1.807) is 7.11 Å². The molecule has 0 spiro atoms. The van der Waals surface area contributed by atoms with E-state index in [0.29, 0.717) is 12.6 Å². The van der Waals surface area contributed by atoms with E-state index in [-0.39, 0.29) is 12.4 Å². The highest BCUT2D eigenvalue weighted by Gasteiger charge is 2.13. The molecule has 3 rings (SSSR count). The van der Waals surface area contributed by atoms with Gasteiger partial charge in [-0.2, -0.15) is 0 Å². The Morgan fingerprint density at radius 3 is 2.35 bits per heavy atom. The van der Waals surface area contributed by atoms with E-state index in [9.17, 15) is 0 Å². The van der Waals surface area contributed by atoms with E-state index in [1.807, 2.05) is 30.3 Å². The highest BCUT2D eigenvalue weighted by molar-refractivity contribution is 6.30. The summed E-state index contributed by atoms with van der Waals surface area (Å²) in [5.74, 6) is 1.54. The molecule has 1 aliphatic carbocycles. The van der Waals surface area contributed by atoms with Crippen LogP contribution in [0.5, 0.6) is 11.5 Å². The minimum Gasteiger partial charge on any atom is -0.493 e. The number of benzene rings is 2. The van der Waals surface area contributed by atoms with E-state index < -0.39 is 0 Å². The van der Waals surface area contributed by atoms with Gasteiger partial charge in [0.25, 0.3) is 0 Å². The summed E-state index contributed by atoms with van der Waals surface area (Å²) in [6.07, 6.45) is 6.65. The SMILES string of the molecule is COc1cc(CNC2CCCCC2)ccc1OCc1ccc(Cl)cc1.Cl. The van der Waals surface area contributed by atoms with Gasteiger partial charge in [0.15, 0.2) is 11.5 Å². The third-order valence-corrected chi connectivity index (χ3v) is 4.99. The summed E-state index contributed by atoms with van der Waals surface area (Å²) in [6.45, 7) is 1.37. The number of rotatable bonds is 7. The lowest BCUT2D eigenvalue weighted by Gasteiger charge is -2.23. The fourth-order valence-electron chi connectivity index (χ4n) is 3.25. The Balaban J connectivity index is 0.00000243. The number of methoxy groups -OCH3 is 1. The zero-order chi connectivity index (χ0) is 17.5. The Labute approximate surface area is 167 Å². The molecule has 0 bridgehead atoms. The van der Waals surface area contributed by atoms with Gasteiger partial charge in [-0.15, -0.1) is 12.4 Å². The molecule has 0 unspecified atom stereocenters. The fourth-order valence-corrected chi connectivity index (χ4v) is 3.38. The van der Waals surface area contributed by atoms with Crippen LogP contribution >= 0.6 is 24.0 Å². The van der Waals surface area contributed by atoms with Crippen molar-refractivity contribution >= 4 is 24.0 Å². The highest BCUT2D eigenvalue weighted by atomic mass is 35.5. The fraction of sp³-hybridized carbons (Fsp3) is 0.429. The molecule has 0 heterocycles. The van der Waals surface area contributed by atoms with Gasteiger partial charge in [-0.3, -0.25) is 0 Å². The Kier molecular flexibility index (Phi) is 8.56. The van der Waals surface area contributed by atoms with Crippen LogP contribution in [0, 0.1) is 0 Å². The van der Waals surface area contributed by atoms with E-state index in [1.165, 1.54) is 37.7 Å². The molecule has 2 aromatic carbocycles. The molecule has 0 amide bonds. The molecular weight excluding hydrogens is 369 g/mol. The minimum absolute atomic E-state index is 0. The molecule has 1 aliphatic rings. The van der Waals surface area contributed by atoms with E-state index in [2.05, 4.69) is 17.4 Å². The molecule has 0 saturated heterocycles. The van der Waals surface area contributed by atoms with Crippen molar-refractivity contribution < 1.29 is 9.47 Å². The summed E-state index contributed by atoms with van der Waals surface area (Å²) in [5.41, 5.74) is 2.30. The zero-order valence-electron chi connectivity index (χ0n) is 15.2. The van der Waals surface area contributed by atoms with Crippen molar-refractivity contribution in [2.24, 2.45) is 0 Å². The van der Waals surface area contributed by atoms with Gasteiger partial charge in [0.2, 0.25) is 0 Å². The van der Waals surface area contributed by atoms with Crippen LogP contribution < -0.4 is 14.8 Å². The molecule has 1 fully saturated rings. The maximum atomic E-state index is 5.91. The van der Waals surface area contributed by atoms with Crippen molar-refractivity contribution in [1.82, 2.24) is 5.32 Å². The second kappa shape index (κ2) is 10.7. The summed E-state index contributed by atoms with van der Waals surface area (Å²) in [5, 5.41) is 4.40. The lowest BCUT2D eigenvalue weighted by Crippen LogP contribution is -2.30. The summed E-state index contributed by atoms with van der Waals surface area (Å²) in [6, 6.07) is 14.5. The Hall–Kier alpha value is -1.42. The molecule has 0 aliphatic heterocycles. The number of halogens is 2. The Morgan fingerprint density at radius 2 is 1.65 bits per heavy atom. The lowest BCUT2D eigenvalue weighted by molar-refractivity contribution is 0.284. The first-order valence-corrected chi connectivity index (χ1v) is 9.40. The summed E-state index contributed by atoms with van der Waals surface area (Å²) >= 11 is 5.91. The monoisotopic (exact) mass is 395 g/mol.